The average Bonchev–Trinajstić information content (AvgIpc) is 2.32. The third-order valence-electron chi connectivity index (χ3n) is 4.03. The lowest BCUT2D eigenvalue weighted by molar-refractivity contribution is -0.127. The van der Waals surface area contributed by atoms with Gasteiger partial charge in [-0.2, -0.15) is 0 Å². The number of pyridine rings is 1. The number of ketones is 1. The second-order valence-electron chi connectivity index (χ2n) is 5.22. The summed E-state index contributed by atoms with van der Waals surface area (Å²) in [5.41, 5.74) is 1.26. The number of aromatic nitrogens is 1. The van der Waals surface area contributed by atoms with Crippen molar-refractivity contribution in [1.82, 2.24) is 9.88 Å². The van der Waals surface area contributed by atoms with Crippen LogP contribution in [-0.4, -0.2) is 27.8 Å². The first-order valence-electron chi connectivity index (χ1n) is 6.49. The zero-order chi connectivity index (χ0) is 11.7. The van der Waals surface area contributed by atoms with Gasteiger partial charge in [0.15, 0.2) is 0 Å². The lowest BCUT2D eigenvalue weighted by Crippen LogP contribution is -2.51. The quantitative estimate of drug-likeness (QED) is 0.780. The number of rotatable bonds is 2. The SMILES string of the molecule is O=C1CC2CCCC(C1)N2Cc1cccnc1. The lowest BCUT2D eigenvalue weighted by atomic mass is 9.83. The fourth-order valence-corrected chi connectivity index (χ4v) is 3.23. The molecule has 1 aromatic rings. The van der Waals surface area contributed by atoms with Crippen LogP contribution >= 0.6 is 0 Å². The first-order chi connectivity index (χ1) is 8.33. The van der Waals surface area contributed by atoms with Crippen molar-refractivity contribution in [1.29, 1.82) is 0 Å². The zero-order valence-corrected chi connectivity index (χ0v) is 10.0. The molecule has 2 saturated heterocycles. The Balaban J connectivity index is 1.76. The topological polar surface area (TPSA) is 33.2 Å². The summed E-state index contributed by atoms with van der Waals surface area (Å²) in [6, 6.07) is 5.07. The van der Waals surface area contributed by atoms with Crippen LogP contribution in [-0.2, 0) is 11.3 Å². The molecule has 2 atom stereocenters. The van der Waals surface area contributed by atoms with E-state index >= 15 is 0 Å². The first-order valence-corrected chi connectivity index (χ1v) is 6.49. The van der Waals surface area contributed by atoms with Crippen LogP contribution in [0.4, 0.5) is 0 Å². The van der Waals surface area contributed by atoms with Crippen molar-refractivity contribution in [3.8, 4) is 0 Å². The summed E-state index contributed by atoms with van der Waals surface area (Å²) in [5, 5.41) is 0. The summed E-state index contributed by atoms with van der Waals surface area (Å²) in [4.78, 5) is 18.3. The summed E-state index contributed by atoms with van der Waals surface area (Å²) < 4.78 is 0. The molecule has 0 radical (unpaired) electrons. The fraction of sp³-hybridized carbons (Fsp3) is 0.571. The summed E-state index contributed by atoms with van der Waals surface area (Å²) in [6.07, 6.45) is 8.92. The van der Waals surface area contributed by atoms with Crippen LogP contribution < -0.4 is 0 Å². The maximum Gasteiger partial charge on any atom is 0.136 e. The molecule has 2 aliphatic heterocycles. The van der Waals surface area contributed by atoms with Crippen molar-refractivity contribution in [3.63, 3.8) is 0 Å². The van der Waals surface area contributed by atoms with Gasteiger partial charge < -0.3 is 0 Å². The normalized spacial score (nSPS) is 29.3. The largest absolute Gasteiger partial charge is 0.300 e. The monoisotopic (exact) mass is 230 g/mol. The van der Waals surface area contributed by atoms with Gasteiger partial charge in [-0.25, -0.2) is 0 Å². The maximum absolute atomic E-state index is 11.6. The minimum atomic E-state index is 0.460. The van der Waals surface area contributed by atoms with Gasteiger partial charge in [0, 0.05) is 43.9 Å². The van der Waals surface area contributed by atoms with Gasteiger partial charge in [0.2, 0.25) is 0 Å². The molecule has 1 aromatic heterocycles. The third kappa shape index (κ3) is 2.25. The smallest absolute Gasteiger partial charge is 0.136 e. The first kappa shape index (κ1) is 10.9. The summed E-state index contributed by atoms with van der Waals surface area (Å²) >= 11 is 0. The molecule has 0 aliphatic carbocycles. The second kappa shape index (κ2) is 4.57. The summed E-state index contributed by atoms with van der Waals surface area (Å²) in [7, 11) is 0. The number of carbonyl (C=O) groups is 1. The molecular weight excluding hydrogens is 212 g/mol. The van der Waals surface area contributed by atoms with Gasteiger partial charge in [-0.3, -0.25) is 14.7 Å². The molecule has 0 amide bonds. The Kier molecular flexibility index (Phi) is 2.93. The lowest BCUT2D eigenvalue weighted by Gasteiger charge is -2.45. The standard InChI is InChI=1S/C14H18N2O/c17-14-7-12-4-1-5-13(8-14)16(12)10-11-3-2-6-15-9-11/h2-3,6,9,12-13H,1,4-5,7-8,10H2. The minimum Gasteiger partial charge on any atom is -0.300 e. The zero-order valence-electron chi connectivity index (χ0n) is 10.0. The van der Waals surface area contributed by atoms with Crippen molar-refractivity contribution in [3.05, 3.63) is 30.1 Å². The fourth-order valence-electron chi connectivity index (χ4n) is 3.23. The third-order valence-corrected chi connectivity index (χ3v) is 4.03. The molecule has 0 N–H and O–H groups in total. The number of hydrogen-bond acceptors (Lipinski definition) is 3. The predicted molar refractivity (Wildman–Crippen MR) is 65.4 cm³/mol. The van der Waals surface area contributed by atoms with Crippen molar-refractivity contribution in [2.75, 3.05) is 0 Å². The van der Waals surface area contributed by atoms with Crippen molar-refractivity contribution in [2.24, 2.45) is 0 Å². The van der Waals surface area contributed by atoms with E-state index in [4.69, 9.17) is 0 Å². The maximum atomic E-state index is 11.6. The molecule has 2 bridgehead atoms. The van der Waals surface area contributed by atoms with E-state index in [0.717, 1.165) is 19.4 Å². The van der Waals surface area contributed by atoms with Crippen molar-refractivity contribution in [2.45, 2.75) is 50.7 Å². The number of nitrogens with zero attached hydrogens (tertiary/aromatic N) is 2. The van der Waals surface area contributed by atoms with E-state index < -0.39 is 0 Å². The Morgan fingerprint density at radius 2 is 2.06 bits per heavy atom. The Bertz CT molecular complexity index is 388. The molecule has 2 unspecified atom stereocenters. The predicted octanol–water partition coefficient (Wildman–Crippen LogP) is 2.17. The molecule has 0 aromatic carbocycles. The van der Waals surface area contributed by atoms with E-state index in [-0.39, 0.29) is 0 Å². The van der Waals surface area contributed by atoms with Gasteiger partial charge in [-0.05, 0) is 24.5 Å². The Labute approximate surface area is 102 Å². The Hall–Kier alpha value is -1.22. The van der Waals surface area contributed by atoms with Crippen LogP contribution in [0.25, 0.3) is 0 Å². The van der Waals surface area contributed by atoms with Crippen molar-refractivity contribution >= 4 is 5.78 Å². The second-order valence-corrected chi connectivity index (χ2v) is 5.22. The Morgan fingerprint density at radius 1 is 1.29 bits per heavy atom. The number of piperidine rings is 2. The van der Waals surface area contributed by atoms with Crippen LogP contribution in [0.15, 0.2) is 24.5 Å². The molecule has 3 heteroatoms. The van der Waals surface area contributed by atoms with E-state index in [2.05, 4.69) is 16.0 Å². The minimum absolute atomic E-state index is 0.460. The van der Waals surface area contributed by atoms with Crippen LogP contribution in [0.1, 0.15) is 37.7 Å². The van der Waals surface area contributed by atoms with E-state index in [1.54, 1.807) is 0 Å². The number of carbonyl (C=O) groups excluding carboxylic acids is 1. The summed E-state index contributed by atoms with van der Waals surface area (Å²) in [6.45, 7) is 0.955. The molecular formula is C14H18N2O. The molecule has 2 fully saturated rings. The van der Waals surface area contributed by atoms with Crippen LogP contribution in [0.5, 0.6) is 0 Å². The molecule has 3 nitrogen and oxygen atoms in total. The molecule has 0 saturated carbocycles. The van der Waals surface area contributed by atoms with Crippen LogP contribution in [0, 0.1) is 0 Å². The highest BCUT2D eigenvalue weighted by Crippen LogP contribution is 2.33. The highest BCUT2D eigenvalue weighted by Gasteiger charge is 2.37. The molecule has 90 valence electrons. The van der Waals surface area contributed by atoms with E-state index in [9.17, 15) is 4.79 Å². The highest BCUT2D eigenvalue weighted by atomic mass is 16.1. The van der Waals surface area contributed by atoms with Gasteiger partial charge in [0.1, 0.15) is 5.78 Å². The van der Waals surface area contributed by atoms with Gasteiger partial charge in [0.25, 0.3) is 0 Å². The van der Waals surface area contributed by atoms with Gasteiger partial charge in [-0.1, -0.05) is 12.5 Å². The van der Waals surface area contributed by atoms with Crippen molar-refractivity contribution < 1.29 is 4.79 Å². The average molecular weight is 230 g/mol. The molecule has 17 heavy (non-hydrogen) atoms. The van der Waals surface area contributed by atoms with Gasteiger partial charge >= 0.3 is 0 Å². The molecule has 3 rings (SSSR count). The molecule has 0 spiro atoms. The van der Waals surface area contributed by atoms with Gasteiger partial charge in [-0.15, -0.1) is 0 Å². The number of Topliss-reactive ketones (excluding diaryl/α,β-unsaturated/α-hetero) is 1. The molecule has 2 aliphatic rings. The molecule has 3 heterocycles. The van der Waals surface area contributed by atoms with E-state index in [1.807, 2.05) is 18.5 Å². The van der Waals surface area contributed by atoms with Crippen LogP contribution in [0.3, 0.4) is 0 Å². The summed E-state index contributed by atoms with van der Waals surface area (Å²) in [5.74, 6) is 0.460. The van der Waals surface area contributed by atoms with E-state index in [0.29, 0.717) is 17.9 Å². The Morgan fingerprint density at radius 3 is 2.71 bits per heavy atom. The number of hydrogen-bond donors (Lipinski definition) is 0. The highest BCUT2D eigenvalue weighted by molar-refractivity contribution is 5.80. The number of fused-ring (bicyclic) bond motifs is 2. The van der Waals surface area contributed by atoms with Crippen LogP contribution in [0.2, 0.25) is 0 Å². The van der Waals surface area contributed by atoms with Gasteiger partial charge in [0.05, 0.1) is 0 Å². The van der Waals surface area contributed by atoms with E-state index in [1.165, 1.54) is 24.8 Å².